The minimum Gasteiger partial charge on any atom is -0.465 e. The highest BCUT2D eigenvalue weighted by Crippen LogP contribution is 2.32. The number of nitrogens with zero attached hydrogens (tertiary/aromatic N) is 4. The minimum absolute atomic E-state index is 0.0236. The third kappa shape index (κ3) is 5.16. The van der Waals surface area contributed by atoms with Crippen LogP contribution < -0.4 is 0 Å². The van der Waals surface area contributed by atoms with E-state index in [1.165, 1.54) is 6.07 Å². The number of pyridine rings is 2. The van der Waals surface area contributed by atoms with Gasteiger partial charge in [0.1, 0.15) is 11.5 Å². The molecular formula is C21H21F3N4O4S. The van der Waals surface area contributed by atoms with Crippen LogP contribution in [0.4, 0.5) is 18.0 Å². The standard InChI is InChI=1S/C21H21F3N4O4S/c1-21(2,3)12-27(20(29)30)10-13-11-28(33(31,32)16-7-6-14(22)9-26-16)18(17(13)23)15-5-4-8-25-19(15)24/h4-9,11H,10,12H2,1-3H3,(H,29,30). The zero-order chi connectivity index (χ0) is 24.6. The Bertz CT molecular complexity index is 1290. The van der Waals surface area contributed by atoms with E-state index in [0.717, 1.165) is 35.5 Å². The Hall–Kier alpha value is -3.41. The summed E-state index contributed by atoms with van der Waals surface area (Å²) in [5.74, 6) is -3.05. The maximum absolute atomic E-state index is 15.5. The third-order valence-electron chi connectivity index (χ3n) is 4.52. The summed E-state index contributed by atoms with van der Waals surface area (Å²) in [7, 11) is -4.61. The Kier molecular flexibility index (Phi) is 6.50. The summed E-state index contributed by atoms with van der Waals surface area (Å²) in [4.78, 5) is 19.6. The van der Waals surface area contributed by atoms with Crippen molar-refractivity contribution in [3.63, 3.8) is 0 Å². The largest absolute Gasteiger partial charge is 0.465 e. The number of carboxylic acid groups (broad SMARTS) is 1. The molecule has 0 aliphatic rings. The Morgan fingerprint density at radius 1 is 1.15 bits per heavy atom. The molecule has 0 radical (unpaired) electrons. The summed E-state index contributed by atoms with van der Waals surface area (Å²) in [5, 5.41) is 8.94. The van der Waals surface area contributed by atoms with Gasteiger partial charge in [0.15, 0.2) is 10.8 Å². The molecule has 0 bridgehead atoms. The van der Waals surface area contributed by atoms with E-state index in [0.29, 0.717) is 10.2 Å². The van der Waals surface area contributed by atoms with E-state index in [1.807, 2.05) is 0 Å². The number of aromatic nitrogens is 3. The molecule has 0 fully saturated rings. The second kappa shape index (κ2) is 8.85. The van der Waals surface area contributed by atoms with Crippen molar-refractivity contribution < 1.29 is 31.5 Å². The summed E-state index contributed by atoms with van der Waals surface area (Å²) in [6.45, 7) is 4.88. The third-order valence-corrected chi connectivity index (χ3v) is 6.09. The predicted octanol–water partition coefficient (Wildman–Crippen LogP) is 4.13. The van der Waals surface area contributed by atoms with Crippen molar-refractivity contribution in [2.75, 3.05) is 6.54 Å². The molecule has 1 N–H and O–H groups in total. The van der Waals surface area contributed by atoms with Gasteiger partial charge in [-0.25, -0.2) is 27.5 Å². The SMILES string of the molecule is CC(C)(C)CN(Cc1cn(S(=O)(=O)c2ccc(F)cn2)c(-c2cccnc2F)c1F)C(=O)O. The van der Waals surface area contributed by atoms with Crippen LogP contribution in [0.1, 0.15) is 26.3 Å². The summed E-state index contributed by atoms with van der Waals surface area (Å²) in [6, 6.07) is 4.18. The summed E-state index contributed by atoms with van der Waals surface area (Å²) in [5.41, 5.74) is -1.90. The Morgan fingerprint density at radius 3 is 2.39 bits per heavy atom. The number of halogens is 3. The zero-order valence-electron chi connectivity index (χ0n) is 18.0. The van der Waals surface area contributed by atoms with Crippen LogP contribution in [0.5, 0.6) is 0 Å². The Labute approximate surface area is 188 Å². The van der Waals surface area contributed by atoms with E-state index in [2.05, 4.69) is 9.97 Å². The van der Waals surface area contributed by atoms with E-state index < -0.39 is 61.9 Å². The molecule has 3 aromatic rings. The van der Waals surface area contributed by atoms with Crippen molar-refractivity contribution in [3.8, 4) is 11.3 Å². The lowest BCUT2D eigenvalue weighted by Crippen LogP contribution is -2.36. The molecule has 176 valence electrons. The van der Waals surface area contributed by atoms with Gasteiger partial charge in [-0.05, 0) is 29.7 Å². The fraction of sp³-hybridized carbons (Fsp3) is 0.286. The molecule has 0 aromatic carbocycles. The van der Waals surface area contributed by atoms with E-state index in [1.54, 1.807) is 20.8 Å². The molecule has 33 heavy (non-hydrogen) atoms. The van der Waals surface area contributed by atoms with Crippen LogP contribution >= 0.6 is 0 Å². The number of hydrogen-bond donors (Lipinski definition) is 1. The number of rotatable bonds is 6. The first-order valence-corrected chi connectivity index (χ1v) is 11.1. The molecule has 0 aliphatic carbocycles. The molecule has 12 heteroatoms. The molecule has 0 saturated carbocycles. The lowest BCUT2D eigenvalue weighted by molar-refractivity contribution is 0.122. The smallest absolute Gasteiger partial charge is 0.407 e. The molecule has 0 atom stereocenters. The molecular weight excluding hydrogens is 461 g/mol. The van der Waals surface area contributed by atoms with Crippen molar-refractivity contribution in [3.05, 3.63) is 66.0 Å². The van der Waals surface area contributed by atoms with E-state index >= 15 is 4.39 Å². The molecule has 0 aliphatic heterocycles. The Morgan fingerprint density at radius 2 is 1.85 bits per heavy atom. The highest BCUT2D eigenvalue weighted by atomic mass is 32.2. The molecule has 3 rings (SSSR count). The van der Waals surface area contributed by atoms with Gasteiger partial charge in [-0.2, -0.15) is 12.8 Å². The van der Waals surface area contributed by atoms with Crippen LogP contribution in [0.2, 0.25) is 0 Å². The minimum atomic E-state index is -4.61. The molecule has 1 amide bonds. The average Bonchev–Trinajstić information content (AvgIpc) is 3.04. The molecule has 0 unspecified atom stereocenters. The topological polar surface area (TPSA) is 105 Å². The Balaban J connectivity index is 2.21. The second-order valence-corrected chi connectivity index (χ2v) is 10.2. The van der Waals surface area contributed by atoms with Crippen LogP contribution in [0, 0.1) is 23.0 Å². The van der Waals surface area contributed by atoms with Crippen molar-refractivity contribution >= 4 is 16.1 Å². The molecule has 0 spiro atoms. The van der Waals surface area contributed by atoms with Gasteiger partial charge in [0.05, 0.1) is 18.3 Å². The van der Waals surface area contributed by atoms with Crippen LogP contribution in [0.3, 0.4) is 0 Å². The first-order chi connectivity index (χ1) is 15.3. The lowest BCUT2D eigenvalue weighted by Gasteiger charge is -2.27. The highest BCUT2D eigenvalue weighted by molar-refractivity contribution is 7.90. The van der Waals surface area contributed by atoms with Crippen molar-refractivity contribution in [2.45, 2.75) is 32.3 Å². The van der Waals surface area contributed by atoms with Crippen molar-refractivity contribution in [2.24, 2.45) is 5.41 Å². The first kappa shape index (κ1) is 24.2. The fourth-order valence-corrected chi connectivity index (χ4v) is 4.51. The van der Waals surface area contributed by atoms with Gasteiger partial charge < -0.3 is 10.0 Å². The maximum atomic E-state index is 15.5. The normalized spacial score (nSPS) is 12.1. The van der Waals surface area contributed by atoms with Gasteiger partial charge in [-0.3, -0.25) is 0 Å². The van der Waals surface area contributed by atoms with Gasteiger partial charge in [-0.15, -0.1) is 0 Å². The number of hydrogen-bond acceptors (Lipinski definition) is 5. The summed E-state index contributed by atoms with van der Waals surface area (Å²) in [6.07, 6.45) is 1.31. The van der Waals surface area contributed by atoms with Crippen LogP contribution in [0.25, 0.3) is 11.3 Å². The van der Waals surface area contributed by atoms with Crippen molar-refractivity contribution in [1.29, 1.82) is 0 Å². The van der Waals surface area contributed by atoms with E-state index in [4.69, 9.17) is 0 Å². The van der Waals surface area contributed by atoms with E-state index in [9.17, 15) is 27.1 Å². The number of amides is 1. The quantitative estimate of drug-likeness (QED) is 0.530. The van der Waals surface area contributed by atoms with Gasteiger partial charge >= 0.3 is 6.09 Å². The van der Waals surface area contributed by atoms with Crippen LogP contribution in [0.15, 0.2) is 47.9 Å². The number of carbonyl (C=O) groups is 1. The van der Waals surface area contributed by atoms with Crippen molar-refractivity contribution in [1.82, 2.24) is 18.8 Å². The average molecular weight is 482 g/mol. The van der Waals surface area contributed by atoms with Gasteiger partial charge in [0, 0.05) is 24.5 Å². The van der Waals surface area contributed by atoms with Gasteiger partial charge in [0.25, 0.3) is 10.0 Å². The van der Waals surface area contributed by atoms with Crippen LogP contribution in [-0.4, -0.2) is 45.0 Å². The van der Waals surface area contributed by atoms with Gasteiger partial charge in [0.2, 0.25) is 5.95 Å². The second-order valence-electron chi connectivity index (χ2n) is 8.47. The van der Waals surface area contributed by atoms with Crippen LogP contribution in [-0.2, 0) is 16.6 Å². The van der Waals surface area contributed by atoms with E-state index in [-0.39, 0.29) is 12.1 Å². The first-order valence-electron chi connectivity index (χ1n) is 9.67. The summed E-state index contributed by atoms with van der Waals surface area (Å²) >= 11 is 0. The lowest BCUT2D eigenvalue weighted by atomic mass is 9.96. The maximum Gasteiger partial charge on any atom is 0.407 e. The highest BCUT2D eigenvalue weighted by Gasteiger charge is 2.31. The fourth-order valence-electron chi connectivity index (χ4n) is 3.20. The monoisotopic (exact) mass is 482 g/mol. The zero-order valence-corrected chi connectivity index (χ0v) is 18.8. The van der Waals surface area contributed by atoms with Gasteiger partial charge in [-0.1, -0.05) is 20.8 Å². The molecule has 0 saturated heterocycles. The molecule has 3 aromatic heterocycles. The molecule has 8 nitrogen and oxygen atoms in total. The molecule has 3 heterocycles. The predicted molar refractivity (Wildman–Crippen MR) is 112 cm³/mol. The summed E-state index contributed by atoms with van der Waals surface area (Å²) < 4.78 is 70.1.